The number of fused-ring (bicyclic) bond motifs is 2. The van der Waals surface area contributed by atoms with E-state index in [1.54, 1.807) is 6.20 Å². The lowest BCUT2D eigenvalue weighted by Crippen LogP contribution is -2.28. The summed E-state index contributed by atoms with van der Waals surface area (Å²) < 4.78 is 9.06. The summed E-state index contributed by atoms with van der Waals surface area (Å²) in [7, 11) is 0. The molecule has 224 valence electrons. The number of halogens is 1. The van der Waals surface area contributed by atoms with E-state index in [1.807, 2.05) is 81.0 Å². The highest BCUT2D eigenvalue weighted by Gasteiger charge is 2.32. The number of aryl methyl sites for hydroxylation is 2. The van der Waals surface area contributed by atoms with Gasteiger partial charge >= 0.3 is 5.97 Å². The molecule has 7 nitrogen and oxygen atoms in total. The van der Waals surface area contributed by atoms with Crippen LogP contribution in [0.5, 0.6) is 0 Å². The molecule has 0 saturated carbocycles. The van der Waals surface area contributed by atoms with Crippen LogP contribution in [0.25, 0.3) is 54.1 Å². The lowest BCUT2D eigenvalue weighted by molar-refractivity contribution is -0.160. The zero-order valence-electron chi connectivity index (χ0n) is 25.3. The molecule has 3 aromatic carbocycles. The van der Waals surface area contributed by atoms with Gasteiger partial charge in [-0.05, 0) is 87.7 Å². The number of carbonyl (C=O) groups is 1. The molecule has 0 bridgehead atoms. The Morgan fingerprint density at radius 2 is 1.80 bits per heavy atom. The molecule has 1 unspecified atom stereocenters. The summed E-state index contributed by atoms with van der Waals surface area (Å²) in [5.41, 5.74) is 7.05. The van der Waals surface area contributed by atoms with Gasteiger partial charge in [-0.25, -0.2) is 9.78 Å². The van der Waals surface area contributed by atoms with Crippen LogP contribution < -0.4 is 0 Å². The first-order chi connectivity index (χ1) is 21.0. The monoisotopic (exact) mass is 624 g/mol. The first-order valence-electron chi connectivity index (χ1n) is 14.6. The average Bonchev–Trinajstić information content (AvgIpc) is 3.59. The Morgan fingerprint density at radius 1 is 1.05 bits per heavy atom. The molecular formula is C35H33ClN4O3S. The Morgan fingerprint density at radius 3 is 2.50 bits per heavy atom. The van der Waals surface area contributed by atoms with Gasteiger partial charge in [0.1, 0.15) is 5.01 Å². The van der Waals surface area contributed by atoms with Crippen molar-refractivity contribution in [1.29, 1.82) is 0 Å². The van der Waals surface area contributed by atoms with Gasteiger partial charge in [0.15, 0.2) is 6.10 Å². The van der Waals surface area contributed by atoms with E-state index in [0.717, 1.165) is 72.6 Å². The highest BCUT2D eigenvalue weighted by Crippen LogP contribution is 2.44. The highest BCUT2D eigenvalue weighted by molar-refractivity contribution is 7.22. The van der Waals surface area contributed by atoms with E-state index in [2.05, 4.69) is 35.2 Å². The molecule has 44 heavy (non-hydrogen) atoms. The highest BCUT2D eigenvalue weighted by atomic mass is 35.5. The predicted octanol–water partition coefficient (Wildman–Crippen LogP) is 9.35. The van der Waals surface area contributed by atoms with Crippen LogP contribution in [0.1, 0.15) is 51.3 Å². The molecule has 1 atom stereocenters. The number of hydrogen-bond donors (Lipinski definition) is 1. The molecule has 0 aliphatic heterocycles. The maximum Gasteiger partial charge on any atom is 0.337 e. The summed E-state index contributed by atoms with van der Waals surface area (Å²) in [5, 5.41) is 17.4. The molecule has 0 radical (unpaired) electrons. The quantitative estimate of drug-likeness (QED) is 0.181. The van der Waals surface area contributed by atoms with Crippen LogP contribution in [0, 0.1) is 6.92 Å². The van der Waals surface area contributed by atoms with Gasteiger partial charge in [0.25, 0.3) is 0 Å². The third-order valence-electron chi connectivity index (χ3n) is 7.40. The van der Waals surface area contributed by atoms with Gasteiger partial charge in [-0.1, -0.05) is 36.7 Å². The van der Waals surface area contributed by atoms with Crippen LogP contribution in [-0.2, 0) is 16.1 Å². The van der Waals surface area contributed by atoms with Gasteiger partial charge in [-0.3, -0.25) is 9.67 Å². The summed E-state index contributed by atoms with van der Waals surface area (Å²) in [6.45, 7) is 10.5. The number of thiazole rings is 1. The zero-order chi connectivity index (χ0) is 31.2. The Bertz CT molecular complexity index is 2010. The van der Waals surface area contributed by atoms with Crippen molar-refractivity contribution in [1.82, 2.24) is 19.7 Å². The molecule has 9 heteroatoms. The molecule has 3 aromatic heterocycles. The van der Waals surface area contributed by atoms with Crippen LogP contribution in [0.4, 0.5) is 0 Å². The molecule has 0 saturated heterocycles. The first kappa shape index (κ1) is 29.9. The zero-order valence-corrected chi connectivity index (χ0v) is 26.8. The van der Waals surface area contributed by atoms with Crippen LogP contribution in [0.15, 0.2) is 73.1 Å². The summed E-state index contributed by atoms with van der Waals surface area (Å²) in [6.07, 6.45) is 3.55. The Balaban J connectivity index is 1.49. The van der Waals surface area contributed by atoms with E-state index >= 15 is 0 Å². The lowest BCUT2D eigenvalue weighted by atomic mass is 9.91. The van der Waals surface area contributed by atoms with Gasteiger partial charge in [-0.15, -0.1) is 11.3 Å². The SMILES string of the molecule is CCCn1ncc2cc(-c3cc(-c4nc5cc(C)c(C(OC(C)(C)C)C(=O)O)c(-c6ccc(Cl)cc6)c5s4)ccn3)ccc21. The predicted molar refractivity (Wildman–Crippen MR) is 178 cm³/mol. The number of carboxylic acid groups (broad SMARTS) is 1. The number of nitrogens with zero attached hydrogens (tertiary/aromatic N) is 4. The second kappa shape index (κ2) is 11.8. The number of aliphatic carboxylic acids is 1. The Kier molecular flexibility index (Phi) is 8.01. The van der Waals surface area contributed by atoms with Gasteiger partial charge in [0.2, 0.25) is 0 Å². The number of hydrogen-bond acceptors (Lipinski definition) is 6. The molecule has 6 rings (SSSR count). The van der Waals surface area contributed by atoms with Crippen molar-refractivity contribution >= 4 is 50.0 Å². The van der Waals surface area contributed by atoms with E-state index in [4.69, 9.17) is 21.3 Å². The van der Waals surface area contributed by atoms with Crippen LogP contribution in [-0.4, -0.2) is 36.4 Å². The van der Waals surface area contributed by atoms with Crippen LogP contribution >= 0.6 is 22.9 Å². The summed E-state index contributed by atoms with van der Waals surface area (Å²) in [5.74, 6) is -1.04. The summed E-state index contributed by atoms with van der Waals surface area (Å²) in [4.78, 5) is 22.4. The van der Waals surface area contributed by atoms with Crippen LogP contribution in [0.3, 0.4) is 0 Å². The maximum atomic E-state index is 12.6. The number of ether oxygens (including phenoxy) is 1. The maximum absolute atomic E-state index is 12.6. The minimum Gasteiger partial charge on any atom is -0.479 e. The molecule has 0 spiro atoms. The van der Waals surface area contributed by atoms with E-state index in [-0.39, 0.29) is 0 Å². The molecule has 0 amide bonds. The second-order valence-electron chi connectivity index (χ2n) is 11.9. The fourth-order valence-corrected chi connectivity index (χ4v) is 6.77. The molecular weight excluding hydrogens is 592 g/mol. The van der Waals surface area contributed by atoms with Crippen molar-refractivity contribution in [3.8, 4) is 33.0 Å². The normalized spacial score (nSPS) is 12.7. The fourth-order valence-electron chi connectivity index (χ4n) is 5.52. The Hall–Kier alpha value is -4.11. The van der Waals surface area contributed by atoms with Crippen molar-refractivity contribution in [2.24, 2.45) is 0 Å². The number of carboxylic acids is 1. The molecule has 3 heterocycles. The molecule has 1 N–H and O–H groups in total. The largest absolute Gasteiger partial charge is 0.479 e. The van der Waals surface area contributed by atoms with E-state index < -0.39 is 17.7 Å². The molecule has 0 aliphatic rings. The fraction of sp³-hybridized carbons (Fsp3) is 0.257. The van der Waals surface area contributed by atoms with Crippen molar-refractivity contribution in [3.05, 3.63) is 89.2 Å². The molecule has 6 aromatic rings. The van der Waals surface area contributed by atoms with Gasteiger partial charge in [0.05, 0.1) is 33.2 Å². The summed E-state index contributed by atoms with van der Waals surface area (Å²) in [6, 6.07) is 19.7. The molecule has 0 fully saturated rings. The van der Waals surface area contributed by atoms with E-state index in [1.165, 1.54) is 11.3 Å². The number of aromatic nitrogens is 4. The van der Waals surface area contributed by atoms with Crippen molar-refractivity contribution in [2.75, 3.05) is 0 Å². The summed E-state index contributed by atoms with van der Waals surface area (Å²) >= 11 is 7.77. The van der Waals surface area contributed by atoms with Crippen molar-refractivity contribution < 1.29 is 14.6 Å². The van der Waals surface area contributed by atoms with Crippen molar-refractivity contribution in [2.45, 2.75) is 59.3 Å². The number of rotatable bonds is 8. The van der Waals surface area contributed by atoms with Crippen LogP contribution in [0.2, 0.25) is 5.02 Å². The van der Waals surface area contributed by atoms with Gasteiger partial charge in [0, 0.05) is 45.4 Å². The average molecular weight is 625 g/mol. The van der Waals surface area contributed by atoms with E-state index in [0.29, 0.717) is 10.6 Å². The second-order valence-corrected chi connectivity index (χ2v) is 13.3. The van der Waals surface area contributed by atoms with Gasteiger partial charge in [-0.2, -0.15) is 5.10 Å². The third kappa shape index (κ3) is 5.85. The standard InChI is InChI=1S/C35H33ClN4O3S/c1-6-15-40-28-12-9-22(17-24(28)19-38-40)26-18-23(13-14-37-26)33-39-27-16-20(2)29(31(34(41)42)43-35(3,4)5)30(32(27)44-33)21-7-10-25(36)11-8-21/h7-14,16-19,31H,6,15H2,1-5H3,(H,41,42). The minimum absolute atomic E-state index is 0.602. The molecule has 0 aliphatic carbocycles. The lowest BCUT2D eigenvalue weighted by Gasteiger charge is -2.28. The van der Waals surface area contributed by atoms with Crippen molar-refractivity contribution in [3.63, 3.8) is 0 Å². The minimum atomic E-state index is -1.17. The smallest absolute Gasteiger partial charge is 0.337 e. The number of pyridine rings is 1. The topological polar surface area (TPSA) is 90.1 Å². The third-order valence-corrected chi connectivity index (χ3v) is 8.79. The van der Waals surface area contributed by atoms with Gasteiger partial charge < -0.3 is 9.84 Å². The van der Waals surface area contributed by atoms with E-state index in [9.17, 15) is 9.90 Å². The Labute approximate surface area is 265 Å². The first-order valence-corrected chi connectivity index (χ1v) is 15.7. The number of benzene rings is 3.